The molecule has 6 heteroatoms. The molecule has 2 unspecified atom stereocenters. The smallest absolute Gasteiger partial charge is 0.320 e. The zero-order valence-electron chi connectivity index (χ0n) is 12.8. The van der Waals surface area contributed by atoms with Crippen molar-refractivity contribution in [1.82, 2.24) is 9.80 Å². The lowest BCUT2D eigenvalue weighted by Gasteiger charge is -2.41. The van der Waals surface area contributed by atoms with Crippen LogP contribution < -0.4 is 0 Å². The number of carbonyl (C=O) groups is 2. The molecule has 0 aliphatic carbocycles. The Morgan fingerprint density at radius 2 is 1.95 bits per heavy atom. The van der Waals surface area contributed by atoms with Gasteiger partial charge >= 0.3 is 12.0 Å². The summed E-state index contributed by atoms with van der Waals surface area (Å²) < 4.78 is 0. The Balaban J connectivity index is 2.08. The predicted molar refractivity (Wildman–Crippen MR) is 78.0 cm³/mol. The van der Waals surface area contributed by atoms with Crippen LogP contribution in [0.5, 0.6) is 0 Å². The van der Waals surface area contributed by atoms with E-state index >= 15 is 0 Å². The van der Waals surface area contributed by atoms with Crippen LogP contribution in [0.25, 0.3) is 0 Å². The van der Waals surface area contributed by atoms with Crippen molar-refractivity contribution < 1.29 is 19.8 Å². The maximum absolute atomic E-state index is 12.7. The van der Waals surface area contributed by atoms with Crippen molar-refractivity contribution in [3.63, 3.8) is 0 Å². The van der Waals surface area contributed by atoms with E-state index in [0.717, 1.165) is 25.7 Å². The van der Waals surface area contributed by atoms with Gasteiger partial charge in [0.25, 0.3) is 0 Å². The van der Waals surface area contributed by atoms with Crippen LogP contribution in [0.4, 0.5) is 4.79 Å². The number of aliphatic hydroxyl groups is 1. The fourth-order valence-electron chi connectivity index (χ4n) is 3.38. The van der Waals surface area contributed by atoms with Gasteiger partial charge in [-0.15, -0.1) is 0 Å². The lowest BCUT2D eigenvalue weighted by molar-refractivity contribution is -0.150. The Hall–Kier alpha value is -1.30. The molecule has 2 rings (SSSR count). The van der Waals surface area contributed by atoms with Crippen molar-refractivity contribution in [2.45, 2.75) is 51.5 Å². The molecular weight excluding hydrogens is 272 g/mol. The SMILES string of the molecule is CC1(C(=O)O)CCCN(C(=O)N2CCCCCC2CO)C1. The van der Waals surface area contributed by atoms with Gasteiger partial charge in [-0.1, -0.05) is 12.8 Å². The Labute approximate surface area is 125 Å². The van der Waals surface area contributed by atoms with E-state index < -0.39 is 11.4 Å². The monoisotopic (exact) mass is 298 g/mol. The van der Waals surface area contributed by atoms with Crippen molar-refractivity contribution in [2.24, 2.45) is 5.41 Å². The standard InChI is InChI=1S/C15H26N2O4/c1-15(13(19)20)7-5-8-16(11-15)14(21)17-9-4-2-3-6-12(17)10-18/h12,18H,2-11H2,1H3,(H,19,20). The van der Waals surface area contributed by atoms with Crippen molar-refractivity contribution in [3.05, 3.63) is 0 Å². The molecule has 21 heavy (non-hydrogen) atoms. The van der Waals surface area contributed by atoms with E-state index in [1.54, 1.807) is 16.7 Å². The maximum Gasteiger partial charge on any atom is 0.320 e. The number of hydrogen-bond donors (Lipinski definition) is 2. The summed E-state index contributed by atoms with van der Waals surface area (Å²) in [5, 5.41) is 18.9. The second kappa shape index (κ2) is 6.64. The molecule has 0 saturated carbocycles. The third-order valence-electron chi connectivity index (χ3n) is 4.82. The second-order valence-electron chi connectivity index (χ2n) is 6.55. The number of carbonyl (C=O) groups excluding carboxylic acids is 1. The highest BCUT2D eigenvalue weighted by Crippen LogP contribution is 2.31. The number of hydrogen-bond acceptors (Lipinski definition) is 3. The summed E-state index contributed by atoms with van der Waals surface area (Å²) in [6, 6.07) is -0.235. The highest BCUT2D eigenvalue weighted by Gasteiger charge is 2.41. The number of carboxylic acid groups (broad SMARTS) is 1. The van der Waals surface area contributed by atoms with E-state index in [4.69, 9.17) is 0 Å². The van der Waals surface area contributed by atoms with E-state index in [0.29, 0.717) is 25.9 Å². The van der Waals surface area contributed by atoms with Crippen LogP contribution in [0.1, 0.15) is 45.4 Å². The van der Waals surface area contributed by atoms with Gasteiger partial charge in [0.1, 0.15) is 0 Å². The molecule has 2 aliphatic heterocycles. The van der Waals surface area contributed by atoms with E-state index in [-0.39, 0.29) is 25.2 Å². The number of urea groups is 1. The van der Waals surface area contributed by atoms with Crippen molar-refractivity contribution in [2.75, 3.05) is 26.2 Å². The molecule has 2 amide bonds. The number of likely N-dealkylation sites (tertiary alicyclic amines) is 2. The van der Waals surface area contributed by atoms with E-state index in [9.17, 15) is 19.8 Å². The third kappa shape index (κ3) is 3.48. The van der Waals surface area contributed by atoms with Crippen LogP contribution in [0, 0.1) is 5.41 Å². The fourth-order valence-corrected chi connectivity index (χ4v) is 3.38. The van der Waals surface area contributed by atoms with Crippen LogP contribution in [0.3, 0.4) is 0 Å². The summed E-state index contributed by atoms with van der Waals surface area (Å²) >= 11 is 0. The van der Waals surface area contributed by atoms with Crippen LogP contribution in [0.15, 0.2) is 0 Å². The minimum absolute atomic E-state index is 0.0181. The number of aliphatic hydroxyl groups excluding tert-OH is 1. The number of nitrogens with zero attached hydrogens (tertiary/aromatic N) is 2. The fraction of sp³-hybridized carbons (Fsp3) is 0.867. The average molecular weight is 298 g/mol. The normalized spacial score (nSPS) is 30.9. The number of rotatable bonds is 2. The molecule has 0 spiro atoms. The summed E-state index contributed by atoms with van der Waals surface area (Å²) in [5.41, 5.74) is -0.853. The second-order valence-corrected chi connectivity index (χ2v) is 6.55. The van der Waals surface area contributed by atoms with E-state index in [2.05, 4.69) is 0 Å². The van der Waals surface area contributed by atoms with Crippen molar-refractivity contribution >= 4 is 12.0 Å². The first kappa shape index (κ1) is 16.1. The van der Waals surface area contributed by atoms with Gasteiger partial charge < -0.3 is 20.0 Å². The summed E-state index contributed by atoms with van der Waals surface area (Å²) in [4.78, 5) is 27.5. The van der Waals surface area contributed by atoms with Gasteiger partial charge in [0.2, 0.25) is 0 Å². The minimum atomic E-state index is -0.853. The number of piperidine rings is 1. The molecule has 0 aromatic rings. The first-order valence-corrected chi connectivity index (χ1v) is 7.88. The van der Waals surface area contributed by atoms with Gasteiger partial charge in [-0.3, -0.25) is 4.79 Å². The molecule has 2 heterocycles. The van der Waals surface area contributed by atoms with E-state index in [1.165, 1.54) is 0 Å². The summed E-state index contributed by atoms with van der Waals surface area (Å²) in [7, 11) is 0. The van der Waals surface area contributed by atoms with Gasteiger partial charge in [-0.25, -0.2) is 4.79 Å². The Kier molecular flexibility index (Phi) is 5.08. The molecule has 120 valence electrons. The number of aliphatic carboxylic acids is 1. The molecule has 2 fully saturated rings. The molecule has 2 atom stereocenters. The topological polar surface area (TPSA) is 81.1 Å². The predicted octanol–water partition coefficient (Wildman–Crippen LogP) is 1.53. The van der Waals surface area contributed by atoms with Crippen molar-refractivity contribution in [3.8, 4) is 0 Å². The molecule has 2 aliphatic rings. The maximum atomic E-state index is 12.7. The highest BCUT2D eigenvalue weighted by atomic mass is 16.4. The first-order chi connectivity index (χ1) is 9.98. The van der Waals surface area contributed by atoms with Crippen molar-refractivity contribution in [1.29, 1.82) is 0 Å². The third-order valence-corrected chi connectivity index (χ3v) is 4.82. The van der Waals surface area contributed by atoms with Gasteiger partial charge in [-0.05, 0) is 32.6 Å². The Bertz CT molecular complexity index is 401. The summed E-state index contributed by atoms with van der Waals surface area (Å²) in [6.07, 6.45) is 5.20. The van der Waals surface area contributed by atoms with E-state index in [1.807, 2.05) is 0 Å². The van der Waals surface area contributed by atoms with Gasteiger partial charge in [0, 0.05) is 19.6 Å². The Morgan fingerprint density at radius 3 is 2.62 bits per heavy atom. The Morgan fingerprint density at radius 1 is 1.19 bits per heavy atom. The largest absolute Gasteiger partial charge is 0.481 e. The quantitative estimate of drug-likeness (QED) is 0.810. The molecule has 0 bridgehead atoms. The summed E-state index contributed by atoms with van der Waals surface area (Å²) in [5.74, 6) is -0.838. The van der Waals surface area contributed by atoms with Gasteiger partial charge in [0.05, 0.1) is 18.1 Å². The molecular formula is C15H26N2O4. The zero-order valence-corrected chi connectivity index (χ0v) is 12.8. The lowest BCUT2D eigenvalue weighted by Crippen LogP contribution is -2.55. The zero-order chi connectivity index (χ0) is 15.5. The molecule has 6 nitrogen and oxygen atoms in total. The molecule has 0 aromatic heterocycles. The first-order valence-electron chi connectivity index (χ1n) is 7.88. The molecule has 0 radical (unpaired) electrons. The highest BCUT2D eigenvalue weighted by molar-refractivity contribution is 5.78. The molecule has 2 N–H and O–H groups in total. The summed E-state index contributed by atoms with van der Waals surface area (Å²) in [6.45, 7) is 3.22. The number of carboxylic acids is 1. The molecule has 2 saturated heterocycles. The van der Waals surface area contributed by atoms with Gasteiger partial charge in [-0.2, -0.15) is 0 Å². The van der Waals surface area contributed by atoms with Crippen LogP contribution >= 0.6 is 0 Å². The number of amides is 2. The van der Waals surface area contributed by atoms with Crippen LogP contribution in [-0.4, -0.2) is 64.3 Å². The minimum Gasteiger partial charge on any atom is -0.481 e. The van der Waals surface area contributed by atoms with Gasteiger partial charge in [0.15, 0.2) is 0 Å². The van der Waals surface area contributed by atoms with Crippen LogP contribution in [-0.2, 0) is 4.79 Å². The average Bonchev–Trinajstić information content (AvgIpc) is 2.71. The lowest BCUT2D eigenvalue weighted by atomic mass is 9.82. The molecule has 0 aromatic carbocycles. The van der Waals surface area contributed by atoms with Crippen LogP contribution in [0.2, 0.25) is 0 Å².